The topological polar surface area (TPSA) is 134 Å². The van der Waals surface area contributed by atoms with Gasteiger partial charge in [0, 0.05) is 53.4 Å². The van der Waals surface area contributed by atoms with Crippen LogP contribution in [0.1, 0.15) is 62.6 Å². The van der Waals surface area contributed by atoms with Gasteiger partial charge in [-0.1, -0.05) is 39.1 Å². The molecule has 2 aromatic carbocycles. The highest BCUT2D eigenvalue weighted by Crippen LogP contribution is 2.33. The number of carbonyl (C=O) groups excluding carboxylic acids is 2. The third-order valence-corrected chi connectivity index (χ3v) is 10.7. The summed E-state index contributed by atoms with van der Waals surface area (Å²) in [5.74, 6) is 2.60. The summed E-state index contributed by atoms with van der Waals surface area (Å²) < 4.78 is 29.7. The average molecular weight is 821 g/mol. The Morgan fingerprint density at radius 2 is 0.900 bits per heavy atom. The van der Waals surface area contributed by atoms with Crippen LogP contribution in [0.5, 0.6) is 0 Å². The van der Waals surface area contributed by atoms with Crippen LogP contribution in [0.15, 0.2) is 85.7 Å². The minimum Gasteiger partial charge on any atom is -0.346 e. The van der Waals surface area contributed by atoms with Crippen molar-refractivity contribution in [3.05, 3.63) is 131 Å². The molecule has 0 saturated heterocycles. The second kappa shape index (κ2) is 19.0. The zero-order valence-electron chi connectivity index (χ0n) is 33.4. The van der Waals surface area contributed by atoms with E-state index in [2.05, 4.69) is 30.1 Å². The van der Waals surface area contributed by atoms with Crippen LogP contribution in [0.25, 0.3) is 0 Å². The van der Waals surface area contributed by atoms with Gasteiger partial charge in [0.1, 0.15) is 46.7 Å². The Kier molecular flexibility index (Phi) is 14.1. The first-order valence-corrected chi connectivity index (χ1v) is 19.1. The number of likely N-dealkylation sites (N-methyl/N-ethyl adjacent to an activating group) is 4. The van der Waals surface area contributed by atoms with Crippen molar-refractivity contribution in [3.8, 4) is 0 Å². The zero-order chi connectivity index (χ0) is 41.1. The highest BCUT2D eigenvalue weighted by atomic mass is 19.1. The lowest BCUT2D eigenvalue weighted by Crippen LogP contribution is -2.49. The summed E-state index contributed by atoms with van der Waals surface area (Å²) in [5.41, 5.74) is 5.62. The van der Waals surface area contributed by atoms with Crippen molar-refractivity contribution in [3.63, 3.8) is 0 Å². The van der Waals surface area contributed by atoms with E-state index in [9.17, 15) is 18.4 Å². The van der Waals surface area contributed by atoms with Gasteiger partial charge in [0.2, 0.25) is 11.8 Å². The van der Waals surface area contributed by atoms with Crippen LogP contribution >= 0.6 is 0 Å². The lowest BCUT2D eigenvalue weighted by molar-refractivity contribution is -0.120. The predicted molar refractivity (Wildman–Crippen MR) is 230 cm³/mol. The second-order valence-electron chi connectivity index (χ2n) is 14.7. The third-order valence-electron chi connectivity index (χ3n) is 10.7. The van der Waals surface area contributed by atoms with Gasteiger partial charge in [-0.2, -0.15) is 10.2 Å². The van der Waals surface area contributed by atoms with Gasteiger partial charge in [0.15, 0.2) is 11.6 Å². The molecule has 14 nitrogen and oxygen atoms in total. The van der Waals surface area contributed by atoms with Crippen LogP contribution in [-0.2, 0) is 48.4 Å². The Morgan fingerprint density at radius 1 is 0.533 bits per heavy atom. The first-order chi connectivity index (χ1) is 27.8. The lowest BCUT2D eigenvalue weighted by atomic mass is 10.1. The van der Waals surface area contributed by atoms with E-state index in [1.807, 2.05) is 71.9 Å². The van der Waals surface area contributed by atoms with Crippen LogP contribution in [0.4, 0.5) is 31.8 Å². The lowest BCUT2D eigenvalue weighted by Gasteiger charge is -2.36. The summed E-state index contributed by atoms with van der Waals surface area (Å²) >= 11 is 0. The van der Waals surface area contributed by atoms with Crippen LogP contribution in [0.2, 0.25) is 0 Å². The number of aryl methyl sites for hydroxylation is 4. The maximum atomic E-state index is 13.0. The summed E-state index contributed by atoms with van der Waals surface area (Å²) in [4.78, 5) is 49.8. The molecule has 0 bridgehead atoms. The number of hydrogen-bond donors (Lipinski definition) is 0. The highest BCUT2D eigenvalue weighted by molar-refractivity contribution is 6.04. The number of aromatic nitrogens is 8. The molecule has 60 heavy (non-hydrogen) atoms. The smallest absolute Gasteiger partial charge is 0.249 e. The largest absolute Gasteiger partial charge is 0.346 e. The molecule has 0 unspecified atom stereocenters. The Bertz CT molecular complexity index is 2230. The average Bonchev–Trinajstić information content (AvgIpc) is 3.89. The van der Waals surface area contributed by atoms with Gasteiger partial charge in [0.25, 0.3) is 0 Å². The molecule has 6 aromatic rings. The minimum absolute atomic E-state index is 0. The van der Waals surface area contributed by atoms with Crippen molar-refractivity contribution in [2.75, 3.05) is 47.8 Å². The fourth-order valence-electron chi connectivity index (χ4n) is 6.84. The molecule has 16 heteroatoms. The Hall–Kier alpha value is -6.58. The summed E-state index contributed by atoms with van der Waals surface area (Å²) in [5, 5.41) is 8.77. The third kappa shape index (κ3) is 9.81. The summed E-state index contributed by atoms with van der Waals surface area (Å²) in [6, 6.07) is 12.4. The second-order valence-corrected chi connectivity index (χ2v) is 14.7. The molecule has 0 aliphatic carbocycles. The molecule has 8 rings (SSSR count). The molecule has 0 saturated carbocycles. The van der Waals surface area contributed by atoms with Gasteiger partial charge < -0.3 is 19.6 Å². The van der Waals surface area contributed by atoms with E-state index >= 15 is 0 Å². The predicted octanol–water partition coefficient (Wildman–Crippen LogP) is 6.17. The number of amides is 2. The van der Waals surface area contributed by atoms with Crippen molar-refractivity contribution in [1.82, 2.24) is 39.5 Å². The molecule has 0 radical (unpaired) electrons. The number of fused-ring (bicyclic) bond motifs is 2. The molecule has 0 spiro atoms. The number of rotatable bonds is 10. The van der Waals surface area contributed by atoms with Crippen molar-refractivity contribution in [1.29, 1.82) is 0 Å². The Balaban J connectivity index is 0.000000220. The molecule has 316 valence electrons. The maximum Gasteiger partial charge on any atom is 0.249 e. The van der Waals surface area contributed by atoms with Crippen molar-refractivity contribution in [2.45, 2.75) is 79.6 Å². The number of halogens is 2. The summed E-state index contributed by atoms with van der Waals surface area (Å²) in [7, 11) is 7.27. The van der Waals surface area contributed by atoms with E-state index in [1.165, 1.54) is 24.3 Å². The molecule has 2 atom stereocenters. The number of carbonyl (C=O) groups is 2. The Morgan fingerprint density at radius 3 is 1.27 bits per heavy atom. The minimum atomic E-state index is -0.250. The Labute approximate surface area is 350 Å². The van der Waals surface area contributed by atoms with Crippen molar-refractivity contribution in [2.24, 2.45) is 0 Å². The van der Waals surface area contributed by atoms with E-state index in [-0.39, 0.29) is 50.4 Å². The first kappa shape index (κ1) is 44.5. The summed E-state index contributed by atoms with van der Waals surface area (Å²) in [6.07, 6.45) is 14.0. The quantitative estimate of drug-likeness (QED) is 0.158. The molecule has 0 fully saturated rings. The molecule has 4 aromatic heterocycles. The molecule has 2 aliphatic rings. The first-order valence-electron chi connectivity index (χ1n) is 19.1. The standard InChI is InChI=1S/2C21H23FN6O.2CH4/c2*1-14-21(29)27(3)18-11-23-19(25-20(18)26(14)2)9-6-16-10-24-28(13-16)12-15-4-7-17(22)8-5-15;;/h2*4-5,7-8,10-11,13-14H,6,9,12H2,1-3H3;2*1H4/t2*14-;;/m10../s1. The van der Waals surface area contributed by atoms with Gasteiger partial charge >= 0.3 is 0 Å². The van der Waals surface area contributed by atoms with Crippen LogP contribution in [0, 0.1) is 11.6 Å². The maximum absolute atomic E-state index is 13.0. The van der Waals surface area contributed by atoms with E-state index in [0.717, 1.165) is 69.8 Å². The fraction of sp³-hybridized carbons (Fsp3) is 0.364. The number of anilines is 4. The number of hydrogen-bond acceptors (Lipinski definition) is 10. The van der Waals surface area contributed by atoms with E-state index in [0.29, 0.717) is 25.9 Å². The SMILES string of the molecule is C.C.C[C@@H]1C(=O)N(C)c2cnc(CCc3cnn(Cc4ccc(F)cc4)c3)nc2N1C.C[C@H]1C(=O)N(C)c2cnc(CCc3cnn(Cc4ccc(F)cc4)c3)nc2N1C. The molecule has 2 aliphatic heterocycles. The van der Waals surface area contributed by atoms with Crippen molar-refractivity contribution >= 4 is 34.8 Å². The van der Waals surface area contributed by atoms with Gasteiger partial charge in [-0.05, 0) is 73.2 Å². The molecule has 0 N–H and O–H groups in total. The normalized spacial score (nSPS) is 15.7. The van der Waals surface area contributed by atoms with Gasteiger partial charge in [-0.3, -0.25) is 19.0 Å². The summed E-state index contributed by atoms with van der Waals surface area (Å²) in [6.45, 7) is 4.94. The molecule has 2 amide bonds. The van der Waals surface area contributed by atoms with Crippen LogP contribution in [0.3, 0.4) is 0 Å². The monoisotopic (exact) mass is 820 g/mol. The van der Waals surface area contributed by atoms with Gasteiger partial charge in [-0.15, -0.1) is 0 Å². The highest BCUT2D eigenvalue weighted by Gasteiger charge is 2.34. The van der Waals surface area contributed by atoms with E-state index in [4.69, 9.17) is 0 Å². The fourth-order valence-corrected chi connectivity index (χ4v) is 6.84. The van der Waals surface area contributed by atoms with E-state index < -0.39 is 0 Å². The van der Waals surface area contributed by atoms with Crippen LogP contribution in [-0.4, -0.2) is 91.6 Å². The van der Waals surface area contributed by atoms with Crippen molar-refractivity contribution < 1.29 is 18.4 Å². The van der Waals surface area contributed by atoms with Gasteiger partial charge in [0.05, 0.1) is 37.9 Å². The van der Waals surface area contributed by atoms with Crippen LogP contribution < -0.4 is 19.6 Å². The number of nitrogens with zero attached hydrogens (tertiary/aromatic N) is 12. The van der Waals surface area contributed by atoms with E-state index in [1.54, 1.807) is 60.6 Å². The molecule has 6 heterocycles. The molecular weight excluding hydrogens is 767 g/mol. The van der Waals surface area contributed by atoms with Gasteiger partial charge in [-0.25, -0.2) is 28.7 Å². The zero-order valence-corrected chi connectivity index (χ0v) is 33.4. The number of benzene rings is 2. The molecular formula is C44H54F2N12O2.